The van der Waals surface area contributed by atoms with Crippen LogP contribution < -0.4 is 9.47 Å². The standard InChI is InChI=1S/C28H29Cl2F2N3O5/c1-16(36)34-10-7-17(8-11-34)27(38)35-12-9-23(20(15-35)18-3-5-21(29)22(30)13-18)33(2)26(37)19-4-6-24-25(14-19)40-28(31,32)39-24/h3-6,13-14,17,20,23H,7-12,15H2,1-2H3/t20-,23+/m0/s1. The second kappa shape index (κ2) is 11.0. The van der Waals surface area contributed by atoms with Crippen LogP contribution in [0.2, 0.25) is 10.0 Å². The fourth-order valence-electron chi connectivity index (χ4n) is 5.81. The summed E-state index contributed by atoms with van der Waals surface area (Å²) in [5.41, 5.74) is 0.999. The van der Waals surface area contributed by atoms with Gasteiger partial charge in [0.05, 0.1) is 10.0 Å². The Hall–Kier alpha value is -3.11. The van der Waals surface area contributed by atoms with Crippen LogP contribution in [0.25, 0.3) is 0 Å². The van der Waals surface area contributed by atoms with Gasteiger partial charge in [-0.05, 0) is 55.2 Å². The molecule has 2 aromatic carbocycles. The maximum atomic E-state index is 13.5. The molecule has 0 N–H and O–H groups in total. The van der Waals surface area contributed by atoms with Crippen molar-refractivity contribution in [2.75, 3.05) is 33.2 Å². The van der Waals surface area contributed by atoms with Gasteiger partial charge in [0.2, 0.25) is 11.8 Å². The zero-order valence-electron chi connectivity index (χ0n) is 22.0. The maximum Gasteiger partial charge on any atom is 0.586 e. The molecule has 0 unspecified atom stereocenters. The topological polar surface area (TPSA) is 79.4 Å². The van der Waals surface area contributed by atoms with E-state index in [1.165, 1.54) is 25.1 Å². The number of carbonyl (C=O) groups is 3. The Balaban J connectivity index is 1.36. The molecule has 0 spiro atoms. The molecule has 3 amide bonds. The number of alkyl halides is 2. The number of hydrogen-bond acceptors (Lipinski definition) is 5. The summed E-state index contributed by atoms with van der Waals surface area (Å²) in [6, 6.07) is 8.91. The highest BCUT2D eigenvalue weighted by molar-refractivity contribution is 6.42. The maximum absolute atomic E-state index is 13.5. The number of likely N-dealkylation sites (tertiary alicyclic amines) is 2. The summed E-state index contributed by atoms with van der Waals surface area (Å²) in [4.78, 5) is 43.9. The van der Waals surface area contributed by atoms with E-state index in [4.69, 9.17) is 23.2 Å². The average Bonchev–Trinajstić information content (AvgIpc) is 3.26. The molecule has 40 heavy (non-hydrogen) atoms. The van der Waals surface area contributed by atoms with E-state index < -0.39 is 6.29 Å². The second-order valence-electron chi connectivity index (χ2n) is 10.4. The number of rotatable bonds is 4. The van der Waals surface area contributed by atoms with E-state index in [0.717, 1.165) is 5.56 Å². The normalized spacial score (nSPS) is 22.2. The predicted molar refractivity (Wildman–Crippen MR) is 144 cm³/mol. The number of nitrogens with zero attached hydrogens (tertiary/aromatic N) is 3. The third kappa shape index (κ3) is 5.69. The van der Waals surface area contributed by atoms with Crippen molar-refractivity contribution in [3.63, 3.8) is 0 Å². The molecule has 2 saturated heterocycles. The lowest BCUT2D eigenvalue weighted by molar-refractivity contribution is -0.286. The molecular weight excluding hydrogens is 567 g/mol. The van der Waals surface area contributed by atoms with Gasteiger partial charge in [-0.1, -0.05) is 29.3 Å². The highest BCUT2D eigenvalue weighted by Gasteiger charge is 2.44. The number of hydrogen-bond donors (Lipinski definition) is 0. The number of ether oxygens (including phenoxy) is 2. The zero-order valence-corrected chi connectivity index (χ0v) is 23.6. The van der Waals surface area contributed by atoms with E-state index in [0.29, 0.717) is 55.5 Å². The van der Waals surface area contributed by atoms with Crippen LogP contribution in [0.3, 0.4) is 0 Å². The Morgan fingerprint density at radius 3 is 2.27 bits per heavy atom. The third-order valence-electron chi connectivity index (χ3n) is 8.02. The van der Waals surface area contributed by atoms with Crippen LogP contribution in [-0.4, -0.2) is 78.0 Å². The molecule has 8 nitrogen and oxygen atoms in total. The van der Waals surface area contributed by atoms with Crippen LogP contribution in [-0.2, 0) is 9.59 Å². The highest BCUT2D eigenvalue weighted by Crippen LogP contribution is 2.42. The number of amides is 3. The van der Waals surface area contributed by atoms with Crippen LogP contribution in [0.1, 0.15) is 48.0 Å². The van der Waals surface area contributed by atoms with Gasteiger partial charge in [-0.25, -0.2) is 0 Å². The lowest BCUT2D eigenvalue weighted by Gasteiger charge is -2.44. The van der Waals surface area contributed by atoms with Crippen molar-refractivity contribution in [1.29, 1.82) is 0 Å². The molecule has 2 atom stereocenters. The van der Waals surface area contributed by atoms with Crippen molar-refractivity contribution in [3.05, 3.63) is 57.6 Å². The molecule has 2 aromatic rings. The SMILES string of the molecule is CC(=O)N1CCC(C(=O)N2CC[C@@H](N(C)C(=O)c3ccc4c(c3)OC(F)(F)O4)[C@H](c3ccc(Cl)c(Cl)c3)C2)CC1. The van der Waals surface area contributed by atoms with E-state index in [9.17, 15) is 23.2 Å². The van der Waals surface area contributed by atoms with Gasteiger partial charge < -0.3 is 24.2 Å². The number of piperidine rings is 2. The summed E-state index contributed by atoms with van der Waals surface area (Å²) in [7, 11) is 1.66. The van der Waals surface area contributed by atoms with Gasteiger partial charge in [0.15, 0.2) is 11.5 Å². The first-order valence-corrected chi connectivity index (χ1v) is 13.9. The Morgan fingerprint density at radius 1 is 0.925 bits per heavy atom. The van der Waals surface area contributed by atoms with Crippen LogP contribution in [0, 0.1) is 5.92 Å². The molecule has 5 rings (SSSR count). The molecule has 3 aliphatic heterocycles. The molecule has 0 saturated carbocycles. The largest absolute Gasteiger partial charge is 0.586 e. The fraction of sp³-hybridized carbons (Fsp3) is 0.464. The monoisotopic (exact) mass is 595 g/mol. The summed E-state index contributed by atoms with van der Waals surface area (Å²) in [6.07, 6.45) is -2.07. The summed E-state index contributed by atoms with van der Waals surface area (Å²) in [5, 5.41) is 0.758. The molecule has 214 valence electrons. The van der Waals surface area contributed by atoms with E-state index in [-0.39, 0.29) is 52.7 Å². The fourth-order valence-corrected chi connectivity index (χ4v) is 6.12. The Kier molecular flexibility index (Phi) is 7.85. The van der Waals surface area contributed by atoms with E-state index in [2.05, 4.69) is 9.47 Å². The van der Waals surface area contributed by atoms with Gasteiger partial charge in [-0.15, -0.1) is 8.78 Å². The molecule has 0 aromatic heterocycles. The van der Waals surface area contributed by atoms with Gasteiger partial charge in [-0.3, -0.25) is 14.4 Å². The predicted octanol–water partition coefficient (Wildman–Crippen LogP) is 5.03. The quantitative estimate of drug-likeness (QED) is 0.495. The van der Waals surface area contributed by atoms with Gasteiger partial charge in [0.1, 0.15) is 0 Å². The van der Waals surface area contributed by atoms with Gasteiger partial charge in [0.25, 0.3) is 5.91 Å². The lowest BCUT2D eigenvalue weighted by Crippen LogP contribution is -2.53. The molecule has 0 radical (unpaired) electrons. The van der Waals surface area contributed by atoms with Crippen molar-refractivity contribution in [1.82, 2.24) is 14.7 Å². The van der Waals surface area contributed by atoms with Crippen molar-refractivity contribution >= 4 is 40.9 Å². The van der Waals surface area contributed by atoms with E-state index >= 15 is 0 Å². The molecule has 0 bridgehead atoms. The Labute approximate surface area is 240 Å². The number of fused-ring (bicyclic) bond motifs is 1. The van der Waals surface area contributed by atoms with Crippen LogP contribution in [0.4, 0.5) is 8.78 Å². The third-order valence-corrected chi connectivity index (χ3v) is 8.75. The summed E-state index contributed by atoms with van der Waals surface area (Å²) < 4.78 is 36.0. The summed E-state index contributed by atoms with van der Waals surface area (Å²) in [5.74, 6) is -1.13. The average molecular weight is 596 g/mol. The first-order chi connectivity index (χ1) is 18.9. The van der Waals surface area contributed by atoms with E-state index in [1.807, 2.05) is 11.0 Å². The minimum absolute atomic E-state index is 0.00951. The first-order valence-electron chi connectivity index (χ1n) is 13.1. The van der Waals surface area contributed by atoms with Gasteiger partial charge in [0, 0.05) is 63.6 Å². The molecule has 0 aliphatic carbocycles. The number of benzene rings is 2. The number of halogens is 4. The van der Waals surface area contributed by atoms with Crippen molar-refractivity contribution < 1.29 is 32.6 Å². The zero-order chi connectivity index (χ0) is 28.8. The number of likely N-dealkylation sites (N-methyl/N-ethyl adjacent to an activating group) is 1. The van der Waals surface area contributed by atoms with Gasteiger partial charge in [-0.2, -0.15) is 0 Å². The molecule has 3 aliphatic rings. The van der Waals surface area contributed by atoms with Crippen molar-refractivity contribution in [3.8, 4) is 11.5 Å². The molecule has 12 heteroatoms. The second-order valence-corrected chi connectivity index (χ2v) is 11.3. The Bertz CT molecular complexity index is 1340. The van der Waals surface area contributed by atoms with Crippen molar-refractivity contribution in [2.45, 2.75) is 44.4 Å². The van der Waals surface area contributed by atoms with Crippen LogP contribution >= 0.6 is 23.2 Å². The summed E-state index contributed by atoms with van der Waals surface area (Å²) in [6.45, 7) is 3.44. The smallest absolute Gasteiger partial charge is 0.395 e. The minimum atomic E-state index is -3.78. The van der Waals surface area contributed by atoms with Gasteiger partial charge >= 0.3 is 6.29 Å². The highest BCUT2D eigenvalue weighted by atomic mass is 35.5. The summed E-state index contributed by atoms with van der Waals surface area (Å²) >= 11 is 12.5. The molecule has 3 heterocycles. The minimum Gasteiger partial charge on any atom is -0.395 e. The van der Waals surface area contributed by atoms with Crippen molar-refractivity contribution in [2.24, 2.45) is 5.92 Å². The molecular formula is C28H29Cl2F2N3O5. The molecule has 2 fully saturated rings. The van der Waals surface area contributed by atoms with Crippen LogP contribution in [0.5, 0.6) is 11.5 Å². The van der Waals surface area contributed by atoms with E-state index in [1.54, 1.807) is 29.0 Å². The lowest BCUT2D eigenvalue weighted by atomic mass is 9.83. The Morgan fingerprint density at radius 2 is 1.60 bits per heavy atom. The van der Waals surface area contributed by atoms with Crippen LogP contribution in [0.15, 0.2) is 36.4 Å². The first kappa shape index (κ1) is 28.4. The number of carbonyl (C=O) groups excluding carboxylic acids is 3.